The Morgan fingerprint density at radius 2 is 1.50 bits per heavy atom. The van der Waals surface area contributed by atoms with Crippen LogP contribution in [0, 0.1) is 0 Å². The first-order chi connectivity index (χ1) is 9.92. The van der Waals surface area contributed by atoms with Crippen LogP contribution in [-0.2, 0) is 0 Å². The molecular formula is C12H6N8. The summed E-state index contributed by atoms with van der Waals surface area (Å²) in [5.41, 5.74) is 2.72. The van der Waals surface area contributed by atoms with Gasteiger partial charge in [0.15, 0.2) is 16.9 Å². The number of hydrogen-bond acceptors (Lipinski definition) is 8. The predicted molar refractivity (Wildman–Crippen MR) is 69.3 cm³/mol. The maximum absolute atomic E-state index is 4.41. The first-order valence-electron chi connectivity index (χ1n) is 5.77. The van der Waals surface area contributed by atoms with E-state index in [1.165, 1.54) is 12.7 Å². The topological polar surface area (TPSA) is 103 Å². The number of hydrogen-bond donors (Lipinski definition) is 0. The van der Waals surface area contributed by atoms with Crippen molar-refractivity contribution in [3.05, 3.63) is 37.4 Å². The van der Waals surface area contributed by atoms with Crippen molar-refractivity contribution in [1.82, 2.24) is 39.9 Å². The highest BCUT2D eigenvalue weighted by Gasteiger charge is 2.10. The van der Waals surface area contributed by atoms with Crippen molar-refractivity contribution < 1.29 is 0 Å². The smallest absolute Gasteiger partial charge is 0.198 e. The fourth-order valence-corrected chi connectivity index (χ4v) is 1.88. The summed E-state index contributed by atoms with van der Waals surface area (Å²) in [6.45, 7) is 0. The minimum Gasteiger partial charge on any atom is -0.244 e. The summed E-state index contributed by atoms with van der Waals surface area (Å²) in [6, 6.07) is 0. The quantitative estimate of drug-likeness (QED) is 0.496. The molecule has 0 amide bonds. The van der Waals surface area contributed by atoms with E-state index in [9.17, 15) is 0 Å². The van der Waals surface area contributed by atoms with Crippen molar-refractivity contribution in [2.24, 2.45) is 0 Å². The number of nitrogens with zero attached hydrogens (tertiary/aromatic N) is 8. The van der Waals surface area contributed by atoms with Crippen LogP contribution in [0.25, 0.3) is 33.7 Å². The molecule has 0 N–H and O–H groups in total. The Kier molecular flexibility index (Phi) is 2.25. The monoisotopic (exact) mass is 262 g/mol. The van der Waals surface area contributed by atoms with E-state index in [2.05, 4.69) is 39.9 Å². The van der Waals surface area contributed by atoms with E-state index in [4.69, 9.17) is 0 Å². The minimum absolute atomic E-state index is 0.466. The lowest BCUT2D eigenvalue weighted by Gasteiger charge is -2.03. The zero-order valence-corrected chi connectivity index (χ0v) is 10.0. The Morgan fingerprint density at radius 1 is 0.650 bits per heavy atom. The highest BCUT2D eigenvalue weighted by Crippen LogP contribution is 2.21. The first kappa shape index (κ1) is 10.7. The summed E-state index contributed by atoms with van der Waals surface area (Å²) in [5.74, 6) is 0. The molecule has 0 fully saturated rings. The molecule has 4 heterocycles. The largest absolute Gasteiger partial charge is 0.244 e. The molecule has 0 saturated carbocycles. The third kappa shape index (κ3) is 1.62. The molecule has 4 aromatic rings. The van der Waals surface area contributed by atoms with E-state index in [1.54, 1.807) is 24.8 Å². The number of fused-ring (bicyclic) bond motifs is 2. The normalized spacial score (nSPS) is 11.0. The van der Waals surface area contributed by atoms with Crippen molar-refractivity contribution in [2.75, 3.05) is 0 Å². The molecule has 0 aromatic carbocycles. The molecule has 20 heavy (non-hydrogen) atoms. The summed E-state index contributed by atoms with van der Waals surface area (Å²) >= 11 is 0. The second-order valence-corrected chi connectivity index (χ2v) is 3.94. The van der Waals surface area contributed by atoms with Gasteiger partial charge in [0.2, 0.25) is 0 Å². The summed E-state index contributed by atoms with van der Waals surface area (Å²) in [5, 5.41) is 0.715. The molecule has 0 bridgehead atoms. The molecule has 8 heteroatoms. The molecule has 0 spiro atoms. The highest BCUT2D eigenvalue weighted by molar-refractivity contribution is 5.88. The average Bonchev–Trinajstić information content (AvgIpc) is 2.54. The molecule has 4 aromatic heterocycles. The average molecular weight is 262 g/mol. The molecule has 0 aliphatic rings. The Morgan fingerprint density at radius 3 is 2.45 bits per heavy atom. The van der Waals surface area contributed by atoms with Crippen molar-refractivity contribution in [2.45, 2.75) is 0 Å². The van der Waals surface area contributed by atoms with E-state index in [1.807, 2.05) is 0 Å². The summed E-state index contributed by atoms with van der Waals surface area (Å²) in [7, 11) is 0. The first-order valence-corrected chi connectivity index (χ1v) is 5.77. The Balaban J connectivity index is 2.01. The molecule has 0 radical (unpaired) electrons. The van der Waals surface area contributed by atoms with Gasteiger partial charge in [0.05, 0.1) is 11.6 Å². The summed E-state index contributed by atoms with van der Waals surface area (Å²) in [6.07, 6.45) is 9.28. The van der Waals surface area contributed by atoms with Gasteiger partial charge in [0.25, 0.3) is 0 Å². The van der Waals surface area contributed by atoms with Crippen LogP contribution >= 0.6 is 0 Å². The minimum atomic E-state index is 0.466. The molecular weight excluding hydrogens is 256 g/mol. The Hall–Kier alpha value is -3.16. The van der Waals surface area contributed by atoms with Gasteiger partial charge in [-0.05, 0) is 0 Å². The van der Waals surface area contributed by atoms with Crippen molar-refractivity contribution in [1.29, 1.82) is 0 Å². The number of aromatic nitrogens is 8. The fourth-order valence-electron chi connectivity index (χ4n) is 1.88. The third-order valence-electron chi connectivity index (χ3n) is 2.75. The molecule has 0 aliphatic carbocycles. The maximum atomic E-state index is 4.41. The molecule has 4 rings (SSSR count). The molecule has 94 valence electrons. The molecule has 0 unspecified atom stereocenters. The molecule has 0 saturated heterocycles. The molecule has 8 nitrogen and oxygen atoms in total. The molecule has 0 atom stereocenters. The SMILES string of the molecule is c1cnc2nc(-c3ncnc4ncncc34)cnc2n1. The fraction of sp³-hybridized carbons (Fsp3) is 0. The van der Waals surface area contributed by atoms with Gasteiger partial charge in [-0.25, -0.2) is 39.9 Å². The standard InChI is InChI=1S/C12H6N8/c1-2-15-12-11(14-1)16-4-8(20-12)9-7-3-13-5-18-10(7)19-6-17-9/h1-6H. The van der Waals surface area contributed by atoms with E-state index in [-0.39, 0.29) is 0 Å². The van der Waals surface area contributed by atoms with E-state index in [0.29, 0.717) is 33.7 Å². The van der Waals surface area contributed by atoms with Gasteiger partial charge in [-0.1, -0.05) is 0 Å². The van der Waals surface area contributed by atoms with Crippen molar-refractivity contribution in [3.8, 4) is 11.4 Å². The zero-order valence-electron chi connectivity index (χ0n) is 10.0. The van der Waals surface area contributed by atoms with Gasteiger partial charge in [0, 0.05) is 18.6 Å². The van der Waals surface area contributed by atoms with E-state index in [0.717, 1.165) is 0 Å². The highest BCUT2D eigenvalue weighted by atomic mass is 15.0. The van der Waals surface area contributed by atoms with Gasteiger partial charge in [-0.15, -0.1) is 0 Å². The van der Waals surface area contributed by atoms with Crippen LogP contribution in [0.5, 0.6) is 0 Å². The summed E-state index contributed by atoms with van der Waals surface area (Å²) in [4.78, 5) is 33.3. The third-order valence-corrected chi connectivity index (χ3v) is 2.75. The van der Waals surface area contributed by atoms with E-state index >= 15 is 0 Å². The Labute approximate surface area is 112 Å². The van der Waals surface area contributed by atoms with Crippen LogP contribution in [0.15, 0.2) is 37.4 Å². The second kappa shape index (κ2) is 4.19. The predicted octanol–water partition coefficient (Wildman–Crippen LogP) is 0.820. The zero-order chi connectivity index (χ0) is 13.4. The van der Waals surface area contributed by atoms with Crippen LogP contribution in [0.2, 0.25) is 0 Å². The van der Waals surface area contributed by atoms with Crippen LogP contribution in [0.3, 0.4) is 0 Å². The van der Waals surface area contributed by atoms with Crippen LogP contribution in [0.1, 0.15) is 0 Å². The lowest BCUT2D eigenvalue weighted by atomic mass is 10.2. The van der Waals surface area contributed by atoms with Gasteiger partial charge in [-0.2, -0.15) is 0 Å². The van der Waals surface area contributed by atoms with Crippen LogP contribution < -0.4 is 0 Å². The maximum Gasteiger partial charge on any atom is 0.198 e. The number of rotatable bonds is 1. The van der Waals surface area contributed by atoms with E-state index < -0.39 is 0 Å². The van der Waals surface area contributed by atoms with Crippen LogP contribution in [0.4, 0.5) is 0 Å². The summed E-state index contributed by atoms with van der Waals surface area (Å²) < 4.78 is 0. The van der Waals surface area contributed by atoms with Gasteiger partial charge < -0.3 is 0 Å². The molecule has 0 aliphatic heterocycles. The van der Waals surface area contributed by atoms with Gasteiger partial charge >= 0.3 is 0 Å². The van der Waals surface area contributed by atoms with Gasteiger partial charge in [0.1, 0.15) is 24.0 Å². The lowest BCUT2D eigenvalue weighted by molar-refractivity contribution is 1.11. The van der Waals surface area contributed by atoms with Crippen LogP contribution in [-0.4, -0.2) is 39.9 Å². The second-order valence-electron chi connectivity index (χ2n) is 3.94. The lowest BCUT2D eigenvalue weighted by Crippen LogP contribution is -1.97. The Bertz CT molecular complexity index is 918. The van der Waals surface area contributed by atoms with Crippen molar-refractivity contribution in [3.63, 3.8) is 0 Å². The van der Waals surface area contributed by atoms with Gasteiger partial charge in [-0.3, -0.25) is 0 Å². The van der Waals surface area contributed by atoms with Crippen molar-refractivity contribution >= 4 is 22.3 Å².